The predicted octanol–water partition coefficient (Wildman–Crippen LogP) is 1.71. The number of aromatic nitrogens is 1. The van der Waals surface area contributed by atoms with Crippen molar-refractivity contribution in [2.24, 2.45) is 0 Å². The van der Waals surface area contributed by atoms with Gasteiger partial charge in [-0.3, -0.25) is 0 Å². The Kier molecular flexibility index (Phi) is 2.95. The Morgan fingerprint density at radius 2 is 2.38 bits per heavy atom. The van der Waals surface area contributed by atoms with E-state index in [9.17, 15) is 9.18 Å². The van der Waals surface area contributed by atoms with Crippen LogP contribution in [0, 0.1) is 12.9 Å². The van der Waals surface area contributed by atoms with Crippen molar-refractivity contribution in [3.8, 4) is 0 Å². The highest BCUT2D eigenvalue weighted by Gasteiger charge is 2.15. The summed E-state index contributed by atoms with van der Waals surface area (Å²) in [4.78, 5) is 14.6. The third-order valence-corrected chi connectivity index (χ3v) is 1.59. The van der Waals surface area contributed by atoms with E-state index in [1.165, 1.54) is 6.20 Å². The van der Waals surface area contributed by atoms with E-state index in [1.807, 2.05) is 0 Å². The lowest BCUT2D eigenvalue weighted by molar-refractivity contribution is 0.0519. The average Bonchev–Trinajstić information content (AvgIpc) is 2.04. The van der Waals surface area contributed by atoms with Crippen molar-refractivity contribution >= 4 is 5.97 Å². The monoisotopic (exact) mass is 183 g/mol. The Labute approximate surface area is 75.6 Å². The molecule has 0 aliphatic heterocycles. The second-order valence-electron chi connectivity index (χ2n) is 2.51. The van der Waals surface area contributed by atoms with Crippen molar-refractivity contribution in [2.75, 3.05) is 6.61 Å². The van der Waals surface area contributed by atoms with Crippen LogP contribution in [0.25, 0.3) is 0 Å². The molecule has 4 heteroatoms. The van der Waals surface area contributed by atoms with E-state index >= 15 is 0 Å². The summed E-state index contributed by atoms with van der Waals surface area (Å²) in [7, 11) is 0. The molecule has 70 valence electrons. The summed E-state index contributed by atoms with van der Waals surface area (Å²) < 4.78 is 17.7. The zero-order valence-electron chi connectivity index (χ0n) is 7.50. The molecule has 0 aliphatic carbocycles. The number of hydrogen-bond acceptors (Lipinski definition) is 3. The molecule has 3 nitrogen and oxygen atoms in total. The van der Waals surface area contributed by atoms with Crippen molar-refractivity contribution < 1.29 is 13.9 Å². The van der Waals surface area contributed by atoms with Gasteiger partial charge >= 0.3 is 5.97 Å². The van der Waals surface area contributed by atoms with Gasteiger partial charge in [0, 0.05) is 6.20 Å². The minimum Gasteiger partial charge on any atom is -0.462 e. The Hall–Kier alpha value is -1.45. The maximum Gasteiger partial charge on any atom is 0.343 e. The summed E-state index contributed by atoms with van der Waals surface area (Å²) in [6.45, 7) is 3.53. The van der Waals surface area contributed by atoms with E-state index in [-0.39, 0.29) is 12.2 Å². The van der Waals surface area contributed by atoms with Crippen LogP contribution in [0.5, 0.6) is 0 Å². The van der Waals surface area contributed by atoms with Gasteiger partial charge in [-0.2, -0.15) is 4.39 Å². The van der Waals surface area contributed by atoms with Crippen LogP contribution in [0.1, 0.15) is 22.8 Å². The van der Waals surface area contributed by atoms with Crippen molar-refractivity contribution in [1.29, 1.82) is 0 Å². The van der Waals surface area contributed by atoms with Gasteiger partial charge < -0.3 is 4.74 Å². The molecule has 0 saturated heterocycles. The molecule has 1 heterocycles. The second kappa shape index (κ2) is 3.98. The van der Waals surface area contributed by atoms with E-state index in [0.29, 0.717) is 5.56 Å². The van der Waals surface area contributed by atoms with Crippen LogP contribution in [0.2, 0.25) is 0 Å². The molecule has 0 aromatic carbocycles. The number of carbonyl (C=O) groups is 1. The molecule has 0 fully saturated rings. The van der Waals surface area contributed by atoms with Crippen molar-refractivity contribution in [2.45, 2.75) is 13.8 Å². The first-order valence-electron chi connectivity index (χ1n) is 3.95. The molecule has 0 radical (unpaired) electrons. The van der Waals surface area contributed by atoms with Gasteiger partial charge in [0.1, 0.15) is 5.56 Å². The molecule has 0 N–H and O–H groups in total. The summed E-state index contributed by atoms with van der Waals surface area (Å²) in [6, 6.07) is 1.56. The Morgan fingerprint density at radius 3 is 2.92 bits per heavy atom. The molecular weight excluding hydrogens is 173 g/mol. The molecule has 0 bridgehead atoms. The van der Waals surface area contributed by atoms with Gasteiger partial charge in [0.2, 0.25) is 5.95 Å². The molecule has 13 heavy (non-hydrogen) atoms. The van der Waals surface area contributed by atoms with Crippen LogP contribution in [0.3, 0.4) is 0 Å². The fourth-order valence-electron chi connectivity index (χ4n) is 0.974. The quantitative estimate of drug-likeness (QED) is 0.517. The normalized spacial score (nSPS) is 9.77. The number of halogens is 1. The maximum absolute atomic E-state index is 13.0. The average molecular weight is 183 g/mol. The summed E-state index contributed by atoms with van der Waals surface area (Å²) in [5.74, 6) is -1.44. The summed E-state index contributed by atoms with van der Waals surface area (Å²) in [5.41, 5.74) is 0.454. The minimum atomic E-state index is -0.779. The second-order valence-corrected chi connectivity index (χ2v) is 2.51. The molecule has 1 aromatic rings. The lowest BCUT2D eigenvalue weighted by Gasteiger charge is -2.04. The van der Waals surface area contributed by atoms with Crippen LogP contribution in [-0.4, -0.2) is 17.6 Å². The van der Waals surface area contributed by atoms with E-state index in [2.05, 4.69) is 9.72 Å². The number of ether oxygens (including phenoxy) is 1. The first-order valence-corrected chi connectivity index (χ1v) is 3.95. The smallest absolute Gasteiger partial charge is 0.343 e. The fraction of sp³-hybridized carbons (Fsp3) is 0.333. The summed E-state index contributed by atoms with van der Waals surface area (Å²) in [6.07, 6.45) is 1.31. The summed E-state index contributed by atoms with van der Waals surface area (Å²) >= 11 is 0. The van der Waals surface area contributed by atoms with Gasteiger partial charge in [-0.25, -0.2) is 9.78 Å². The molecule has 0 spiro atoms. The molecule has 0 amide bonds. The van der Waals surface area contributed by atoms with Crippen molar-refractivity contribution in [3.05, 3.63) is 29.3 Å². The van der Waals surface area contributed by atoms with Crippen LogP contribution in [0.4, 0.5) is 4.39 Å². The Bertz CT molecular complexity index is 305. The Morgan fingerprint density at radius 1 is 1.69 bits per heavy atom. The van der Waals surface area contributed by atoms with Gasteiger partial charge in [-0.15, -0.1) is 0 Å². The lowest BCUT2D eigenvalue weighted by atomic mass is 10.1. The number of aryl methyl sites for hydroxylation is 1. The molecule has 1 rings (SSSR count). The van der Waals surface area contributed by atoms with Crippen LogP contribution in [-0.2, 0) is 4.74 Å². The first kappa shape index (κ1) is 9.64. The van der Waals surface area contributed by atoms with E-state index in [0.717, 1.165) is 0 Å². The number of esters is 1. The van der Waals surface area contributed by atoms with E-state index in [4.69, 9.17) is 0 Å². The fourth-order valence-corrected chi connectivity index (χ4v) is 0.974. The Balaban J connectivity index is 3.05. The number of hydrogen-bond donors (Lipinski definition) is 0. The van der Waals surface area contributed by atoms with Crippen molar-refractivity contribution in [1.82, 2.24) is 4.98 Å². The summed E-state index contributed by atoms with van der Waals surface area (Å²) in [5, 5.41) is 0. The predicted molar refractivity (Wildman–Crippen MR) is 44.9 cm³/mol. The minimum absolute atomic E-state index is 0.0793. The van der Waals surface area contributed by atoms with E-state index < -0.39 is 11.9 Å². The van der Waals surface area contributed by atoms with Gasteiger partial charge in [-0.05, 0) is 25.5 Å². The highest BCUT2D eigenvalue weighted by molar-refractivity contribution is 5.90. The largest absolute Gasteiger partial charge is 0.462 e. The molecule has 0 atom stereocenters. The standard InChI is InChI=1S/C9H10FNO2/c1-3-13-9(12)7-6(2)4-5-11-8(7)10/h4-5H,3H2,1-2H3. The van der Waals surface area contributed by atoms with Crippen LogP contribution in [0.15, 0.2) is 12.3 Å². The van der Waals surface area contributed by atoms with E-state index in [1.54, 1.807) is 19.9 Å². The molecular formula is C9H10FNO2. The van der Waals surface area contributed by atoms with Gasteiger partial charge in [-0.1, -0.05) is 0 Å². The van der Waals surface area contributed by atoms with Gasteiger partial charge in [0.15, 0.2) is 0 Å². The number of rotatable bonds is 2. The van der Waals surface area contributed by atoms with Gasteiger partial charge in [0.25, 0.3) is 0 Å². The number of pyridine rings is 1. The van der Waals surface area contributed by atoms with Crippen molar-refractivity contribution in [3.63, 3.8) is 0 Å². The topological polar surface area (TPSA) is 39.2 Å². The number of nitrogens with zero attached hydrogens (tertiary/aromatic N) is 1. The van der Waals surface area contributed by atoms with Crippen LogP contribution >= 0.6 is 0 Å². The van der Waals surface area contributed by atoms with Crippen LogP contribution < -0.4 is 0 Å². The SMILES string of the molecule is CCOC(=O)c1c(C)ccnc1F. The number of carbonyl (C=O) groups excluding carboxylic acids is 1. The third-order valence-electron chi connectivity index (χ3n) is 1.59. The molecule has 0 aliphatic rings. The zero-order chi connectivity index (χ0) is 9.84. The lowest BCUT2D eigenvalue weighted by Crippen LogP contribution is -2.10. The zero-order valence-corrected chi connectivity index (χ0v) is 7.50. The highest BCUT2D eigenvalue weighted by atomic mass is 19.1. The van der Waals surface area contributed by atoms with Gasteiger partial charge in [0.05, 0.1) is 6.61 Å². The molecule has 1 aromatic heterocycles. The maximum atomic E-state index is 13.0. The molecule has 0 unspecified atom stereocenters. The molecule has 0 saturated carbocycles. The third kappa shape index (κ3) is 2.02. The highest BCUT2D eigenvalue weighted by Crippen LogP contribution is 2.11. The first-order chi connectivity index (χ1) is 6.16.